The Hall–Kier alpha value is -4.37. The number of anilines is 1. The lowest BCUT2D eigenvalue weighted by Crippen LogP contribution is -2.52. The quantitative estimate of drug-likeness (QED) is 0.563. The smallest absolute Gasteiger partial charge is 0.261 e. The normalized spacial score (nSPS) is 21.2. The van der Waals surface area contributed by atoms with E-state index in [4.69, 9.17) is 0 Å². The summed E-state index contributed by atoms with van der Waals surface area (Å²) in [5.41, 5.74) is 4.64. The van der Waals surface area contributed by atoms with Crippen LogP contribution >= 0.6 is 0 Å². The summed E-state index contributed by atoms with van der Waals surface area (Å²) in [4.78, 5) is 50.4. The molecule has 2 aromatic heterocycles. The molecule has 9 heteroatoms. The van der Waals surface area contributed by atoms with Crippen molar-refractivity contribution in [3.8, 4) is 0 Å². The first kappa shape index (κ1) is 20.0. The second-order valence-corrected chi connectivity index (χ2v) is 9.08. The number of nitrogens with zero attached hydrogens (tertiary/aromatic N) is 4. The Kier molecular flexibility index (Phi) is 4.19. The number of imidazole rings is 1. The number of benzene rings is 1. The number of imide groups is 1. The van der Waals surface area contributed by atoms with Crippen molar-refractivity contribution in [1.82, 2.24) is 20.0 Å². The second-order valence-electron chi connectivity index (χ2n) is 9.08. The molecule has 3 aromatic rings. The molecule has 1 saturated heterocycles. The van der Waals surface area contributed by atoms with E-state index < -0.39 is 11.8 Å². The first-order valence-electron chi connectivity index (χ1n) is 11.5. The van der Waals surface area contributed by atoms with Crippen molar-refractivity contribution in [3.63, 3.8) is 0 Å². The lowest BCUT2D eigenvalue weighted by atomic mass is 9.91. The minimum absolute atomic E-state index is 0.0116. The third-order valence-corrected chi connectivity index (χ3v) is 7.17. The molecule has 4 aliphatic heterocycles. The van der Waals surface area contributed by atoms with Crippen molar-refractivity contribution < 1.29 is 14.4 Å². The molecule has 2 N–H and O–H groups in total. The van der Waals surface area contributed by atoms with Crippen LogP contribution in [0, 0.1) is 5.92 Å². The molecule has 35 heavy (non-hydrogen) atoms. The highest BCUT2D eigenvalue weighted by atomic mass is 16.2. The molecule has 0 radical (unpaired) electrons. The molecule has 7 rings (SSSR count). The van der Waals surface area contributed by atoms with Gasteiger partial charge in [0, 0.05) is 49.6 Å². The SMILES string of the molecule is O=C1NC(=O)C(c2cnc3ccccn23)=C1C1=NC=CN2c3c(cccc31)CC2C(=O)C1CNC1. The molecule has 0 aliphatic carbocycles. The van der Waals surface area contributed by atoms with E-state index in [0.717, 1.165) is 16.8 Å². The van der Waals surface area contributed by atoms with Crippen LogP contribution in [0.25, 0.3) is 11.2 Å². The number of amides is 2. The van der Waals surface area contributed by atoms with Crippen LogP contribution in [-0.4, -0.2) is 51.8 Å². The fourth-order valence-electron chi connectivity index (χ4n) is 5.38. The molecule has 0 spiro atoms. The van der Waals surface area contributed by atoms with Gasteiger partial charge in [-0.05, 0) is 17.7 Å². The Labute approximate surface area is 199 Å². The zero-order valence-electron chi connectivity index (χ0n) is 18.6. The van der Waals surface area contributed by atoms with Crippen LogP contribution in [0.3, 0.4) is 0 Å². The zero-order chi connectivity index (χ0) is 23.7. The van der Waals surface area contributed by atoms with Crippen LogP contribution in [0.1, 0.15) is 16.8 Å². The van der Waals surface area contributed by atoms with Gasteiger partial charge in [0.05, 0.1) is 40.5 Å². The molecule has 2 amide bonds. The number of hydrogen-bond donors (Lipinski definition) is 2. The van der Waals surface area contributed by atoms with E-state index in [1.165, 1.54) is 0 Å². The molecule has 0 bridgehead atoms. The largest absolute Gasteiger partial charge is 0.335 e. The standard InChI is InChI=1S/C26H20N6O3/c33-24(15-11-27-12-15)17-10-14-4-3-5-16-22(28-7-9-32(17)23(14)16)21-20(25(34)30-26(21)35)18-13-29-19-6-1-2-8-31(18)19/h1-9,13,15,17,27H,10-12H2,(H,30,34,35). The van der Waals surface area contributed by atoms with Gasteiger partial charge in [-0.15, -0.1) is 0 Å². The molecular weight excluding hydrogens is 444 g/mol. The average Bonchev–Trinajstić information content (AvgIpc) is 3.44. The minimum atomic E-state index is -0.500. The van der Waals surface area contributed by atoms with E-state index in [9.17, 15) is 14.4 Å². The van der Waals surface area contributed by atoms with Crippen molar-refractivity contribution in [3.05, 3.63) is 83.6 Å². The molecule has 9 nitrogen and oxygen atoms in total. The van der Waals surface area contributed by atoms with Crippen molar-refractivity contribution in [2.75, 3.05) is 18.0 Å². The van der Waals surface area contributed by atoms with E-state index in [2.05, 4.69) is 20.6 Å². The molecule has 4 aliphatic rings. The maximum absolute atomic E-state index is 13.2. The van der Waals surface area contributed by atoms with E-state index >= 15 is 0 Å². The fraction of sp³-hybridized carbons (Fsp3) is 0.192. The van der Waals surface area contributed by atoms with Gasteiger partial charge in [0.25, 0.3) is 11.8 Å². The van der Waals surface area contributed by atoms with E-state index in [1.54, 1.807) is 29.2 Å². The van der Waals surface area contributed by atoms with E-state index in [0.29, 0.717) is 36.6 Å². The fourth-order valence-corrected chi connectivity index (χ4v) is 5.38. The van der Waals surface area contributed by atoms with Gasteiger partial charge < -0.3 is 10.2 Å². The Morgan fingerprint density at radius 1 is 1.03 bits per heavy atom. The zero-order valence-corrected chi connectivity index (χ0v) is 18.6. The highest BCUT2D eigenvalue weighted by molar-refractivity contribution is 6.47. The lowest BCUT2D eigenvalue weighted by molar-refractivity contribution is -0.125. The summed E-state index contributed by atoms with van der Waals surface area (Å²) in [5.74, 6) is -0.766. The third kappa shape index (κ3) is 2.82. The monoisotopic (exact) mass is 464 g/mol. The van der Waals surface area contributed by atoms with Gasteiger partial charge >= 0.3 is 0 Å². The Morgan fingerprint density at radius 3 is 2.71 bits per heavy atom. The Morgan fingerprint density at radius 2 is 1.89 bits per heavy atom. The lowest BCUT2D eigenvalue weighted by Gasteiger charge is -2.31. The maximum atomic E-state index is 13.2. The first-order chi connectivity index (χ1) is 17.1. The molecule has 1 aromatic carbocycles. The van der Waals surface area contributed by atoms with Gasteiger partial charge in [0.15, 0.2) is 5.78 Å². The van der Waals surface area contributed by atoms with Gasteiger partial charge in [-0.25, -0.2) is 4.98 Å². The first-order valence-corrected chi connectivity index (χ1v) is 11.5. The van der Waals surface area contributed by atoms with Gasteiger partial charge in [0.2, 0.25) is 0 Å². The highest BCUT2D eigenvalue weighted by Gasteiger charge is 2.43. The number of fused-ring (bicyclic) bond motifs is 1. The number of ketones is 1. The summed E-state index contributed by atoms with van der Waals surface area (Å²) in [6, 6.07) is 11.0. The number of carbonyl (C=O) groups excluding carboxylic acids is 3. The molecule has 6 heterocycles. The van der Waals surface area contributed by atoms with Crippen LogP contribution in [-0.2, 0) is 20.8 Å². The molecule has 1 fully saturated rings. The number of nitrogens with one attached hydrogen (secondary N) is 2. The number of para-hydroxylation sites is 1. The van der Waals surface area contributed by atoms with Gasteiger partial charge in [-0.1, -0.05) is 24.3 Å². The number of Topliss-reactive ketones (excluding diaryl/α,β-unsaturated/α-hetero) is 1. The number of hydrogen-bond acceptors (Lipinski definition) is 7. The molecule has 0 saturated carbocycles. The van der Waals surface area contributed by atoms with Gasteiger partial charge in [-0.3, -0.25) is 29.1 Å². The number of aliphatic imine (C=N–C) groups is 1. The van der Waals surface area contributed by atoms with Crippen LogP contribution in [0.4, 0.5) is 5.69 Å². The van der Waals surface area contributed by atoms with Crippen molar-refractivity contribution in [1.29, 1.82) is 0 Å². The van der Waals surface area contributed by atoms with Gasteiger partial charge in [0.1, 0.15) is 5.65 Å². The van der Waals surface area contributed by atoms with E-state index in [1.807, 2.05) is 41.3 Å². The van der Waals surface area contributed by atoms with Crippen molar-refractivity contribution in [2.24, 2.45) is 10.9 Å². The van der Waals surface area contributed by atoms with Crippen molar-refractivity contribution >= 4 is 40.2 Å². The molecular formula is C26H20N6O3. The van der Waals surface area contributed by atoms with Crippen LogP contribution in [0.5, 0.6) is 0 Å². The van der Waals surface area contributed by atoms with Crippen molar-refractivity contribution in [2.45, 2.75) is 12.5 Å². The average molecular weight is 464 g/mol. The molecule has 1 atom stereocenters. The summed E-state index contributed by atoms with van der Waals surface area (Å²) >= 11 is 0. The second kappa shape index (κ2) is 7.31. The Bertz CT molecular complexity index is 1560. The maximum Gasteiger partial charge on any atom is 0.261 e. The van der Waals surface area contributed by atoms with E-state index in [-0.39, 0.29) is 28.9 Å². The summed E-state index contributed by atoms with van der Waals surface area (Å²) in [5, 5.41) is 5.62. The number of aromatic nitrogens is 2. The topological polar surface area (TPSA) is 108 Å². The number of pyridine rings is 1. The predicted molar refractivity (Wildman–Crippen MR) is 129 cm³/mol. The number of carbonyl (C=O) groups is 3. The summed E-state index contributed by atoms with van der Waals surface area (Å²) in [6.07, 6.45) is 7.42. The number of rotatable bonds is 4. The Balaban J connectivity index is 1.40. The highest BCUT2D eigenvalue weighted by Crippen LogP contribution is 2.41. The summed E-state index contributed by atoms with van der Waals surface area (Å²) in [7, 11) is 0. The van der Waals surface area contributed by atoms with Gasteiger partial charge in [-0.2, -0.15) is 0 Å². The third-order valence-electron chi connectivity index (χ3n) is 7.17. The van der Waals surface area contributed by atoms with Crippen LogP contribution in [0.2, 0.25) is 0 Å². The summed E-state index contributed by atoms with van der Waals surface area (Å²) in [6.45, 7) is 1.41. The van der Waals surface area contributed by atoms with Crippen LogP contribution < -0.4 is 15.5 Å². The minimum Gasteiger partial charge on any atom is -0.335 e. The van der Waals surface area contributed by atoms with Crippen LogP contribution in [0.15, 0.2) is 71.8 Å². The molecule has 1 unspecified atom stereocenters. The molecule has 172 valence electrons. The summed E-state index contributed by atoms with van der Waals surface area (Å²) < 4.78 is 1.78. The predicted octanol–water partition coefficient (Wildman–Crippen LogP) is 1.24.